The third-order valence-corrected chi connectivity index (χ3v) is 5.11. The average molecular weight is 405 g/mol. The van der Waals surface area contributed by atoms with Crippen LogP contribution in [-0.2, 0) is 4.79 Å². The number of nitrogens with one attached hydrogen (secondary N) is 1. The number of pyridine rings is 1. The molecule has 31 heavy (non-hydrogen) atoms. The van der Waals surface area contributed by atoms with Crippen LogP contribution in [0.1, 0.15) is 17.0 Å². The predicted octanol–water partition coefficient (Wildman–Crippen LogP) is 5.66. The molecule has 0 fully saturated rings. The van der Waals surface area contributed by atoms with Gasteiger partial charge in [0.1, 0.15) is 5.52 Å². The molecule has 5 aromatic rings. The molecule has 5 nitrogen and oxygen atoms in total. The second kappa shape index (κ2) is 8.24. The minimum absolute atomic E-state index is 0.102. The van der Waals surface area contributed by atoms with Gasteiger partial charge in [-0.2, -0.15) is 0 Å². The maximum atomic E-state index is 13.3. The molecule has 0 saturated carbocycles. The summed E-state index contributed by atoms with van der Waals surface area (Å²) in [6.07, 6.45) is 3.40. The molecule has 0 aliphatic carbocycles. The molecule has 2 aromatic heterocycles. The van der Waals surface area contributed by atoms with Crippen LogP contribution in [-0.4, -0.2) is 15.9 Å². The van der Waals surface area contributed by atoms with E-state index in [1.165, 1.54) is 0 Å². The largest absolute Gasteiger partial charge is 0.436 e. The third kappa shape index (κ3) is 3.94. The lowest BCUT2D eigenvalue weighted by Gasteiger charge is -2.18. The molecule has 0 radical (unpaired) electrons. The summed E-state index contributed by atoms with van der Waals surface area (Å²) < 4.78 is 5.85. The number of nitrogens with zero attached hydrogens (tertiary/aromatic N) is 2. The molecule has 0 bridgehead atoms. The number of hydrogen-bond donors (Lipinski definition) is 1. The van der Waals surface area contributed by atoms with E-state index >= 15 is 0 Å². The van der Waals surface area contributed by atoms with E-state index in [1.807, 2.05) is 91.0 Å². The van der Waals surface area contributed by atoms with Crippen molar-refractivity contribution < 1.29 is 9.21 Å². The molecule has 1 amide bonds. The molecule has 0 spiro atoms. The van der Waals surface area contributed by atoms with Gasteiger partial charge in [0.05, 0.1) is 5.92 Å². The van der Waals surface area contributed by atoms with Gasteiger partial charge in [-0.05, 0) is 41.5 Å². The summed E-state index contributed by atoms with van der Waals surface area (Å²) in [7, 11) is 0. The van der Waals surface area contributed by atoms with Crippen molar-refractivity contribution in [1.82, 2.24) is 9.97 Å². The van der Waals surface area contributed by atoms with Gasteiger partial charge in [-0.3, -0.25) is 9.78 Å². The van der Waals surface area contributed by atoms with Crippen LogP contribution < -0.4 is 5.32 Å². The molecule has 150 valence electrons. The lowest BCUT2D eigenvalue weighted by Crippen LogP contribution is -2.22. The Morgan fingerprint density at radius 1 is 0.806 bits per heavy atom. The van der Waals surface area contributed by atoms with E-state index in [2.05, 4.69) is 15.3 Å². The predicted molar refractivity (Wildman–Crippen MR) is 121 cm³/mol. The molecular weight excluding hydrogens is 386 g/mol. The van der Waals surface area contributed by atoms with Crippen LogP contribution >= 0.6 is 0 Å². The second-order valence-corrected chi connectivity index (χ2v) is 7.18. The summed E-state index contributed by atoms with van der Waals surface area (Å²) >= 11 is 0. The zero-order valence-electron chi connectivity index (χ0n) is 16.6. The van der Waals surface area contributed by atoms with Gasteiger partial charge in [0.2, 0.25) is 11.8 Å². The lowest BCUT2D eigenvalue weighted by molar-refractivity contribution is -0.116. The molecule has 2 heterocycles. The lowest BCUT2D eigenvalue weighted by atomic mass is 9.90. The van der Waals surface area contributed by atoms with Gasteiger partial charge in [-0.25, -0.2) is 4.98 Å². The van der Waals surface area contributed by atoms with E-state index in [0.29, 0.717) is 22.7 Å². The first-order valence-corrected chi connectivity index (χ1v) is 10.00. The summed E-state index contributed by atoms with van der Waals surface area (Å²) in [5.74, 6) is 0.00436. The van der Waals surface area contributed by atoms with Crippen molar-refractivity contribution in [2.45, 2.75) is 5.92 Å². The van der Waals surface area contributed by atoms with Gasteiger partial charge in [-0.1, -0.05) is 60.7 Å². The number of rotatable bonds is 5. The number of aromatic nitrogens is 2. The molecule has 0 aliphatic heterocycles. The van der Waals surface area contributed by atoms with Crippen LogP contribution in [0, 0.1) is 0 Å². The number of carbonyl (C=O) groups excluding carboxylic acids is 1. The Morgan fingerprint density at radius 3 is 2.10 bits per heavy atom. The molecular formula is C26H19N3O2. The van der Waals surface area contributed by atoms with Crippen molar-refractivity contribution in [2.24, 2.45) is 0 Å². The fourth-order valence-corrected chi connectivity index (χ4v) is 3.62. The normalized spacial score (nSPS) is 11.0. The van der Waals surface area contributed by atoms with E-state index < -0.39 is 5.92 Å². The Labute approximate surface area is 179 Å². The Morgan fingerprint density at radius 2 is 1.45 bits per heavy atom. The van der Waals surface area contributed by atoms with Crippen molar-refractivity contribution in [3.63, 3.8) is 0 Å². The highest BCUT2D eigenvalue weighted by Crippen LogP contribution is 2.29. The highest BCUT2D eigenvalue weighted by molar-refractivity contribution is 5.99. The molecule has 0 atom stereocenters. The second-order valence-electron chi connectivity index (χ2n) is 7.18. The van der Waals surface area contributed by atoms with Crippen molar-refractivity contribution in [1.29, 1.82) is 0 Å². The molecule has 1 N–H and O–H groups in total. The summed E-state index contributed by atoms with van der Waals surface area (Å²) in [5.41, 5.74) is 4.74. The molecule has 5 heteroatoms. The van der Waals surface area contributed by atoms with E-state index in [-0.39, 0.29) is 5.91 Å². The van der Waals surface area contributed by atoms with Gasteiger partial charge < -0.3 is 9.73 Å². The number of anilines is 1. The van der Waals surface area contributed by atoms with Crippen LogP contribution in [0.25, 0.3) is 22.6 Å². The SMILES string of the molecule is O=C(Nc1ccc2oc(-c3ccncc3)nc2c1)C(c1ccccc1)c1ccccc1. The number of hydrogen-bond acceptors (Lipinski definition) is 4. The fourth-order valence-electron chi connectivity index (χ4n) is 3.62. The average Bonchev–Trinajstić information content (AvgIpc) is 3.25. The quantitative estimate of drug-likeness (QED) is 0.410. The van der Waals surface area contributed by atoms with Gasteiger partial charge in [0, 0.05) is 23.6 Å². The Hall–Kier alpha value is -4.25. The van der Waals surface area contributed by atoms with Crippen LogP contribution in [0.3, 0.4) is 0 Å². The van der Waals surface area contributed by atoms with Gasteiger partial charge in [-0.15, -0.1) is 0 Å². The fraction of sp³-hybridized carbons (Fsp3) is 0.0385. The van der Waals surface area contributed by atoms with Crippen LogP contribution in [0.2, 0.25) is 0 Å². The molecule has 5 rings (SSSR count). The van der Waals surface area contributed by atoms with Crippen LogP contribution in [0.15, 0.2) is 108 Å². The van der Waals surface area contributed by atoms with Crippen molar-refractivity contribution in [3.8, 4) is 11.5 Å². The Bertz CT molecular complexity index is 1280. The zero-order valence-corrected chi connectivity index (χ0v) is 16.6. The van der Waals surface area contributed by atoms with E-state index in [1.54, 1.807) is 12.4 Å². The van der Waals surface area contributed by atoms with E-state index in [9.17, 15) is 4.79 Å². The smallest absolute Gasteiger partial charge is 0.236 e. The molecule has 0 saturated heterocycles. The number of fused-ring (bicyclic) bond motifs is 1. The maximum absolute atomic E-state index is 13.3. The molecule has 3 aromatic carbocycles. The first-order chi connectivity index (χ1) is 15.3. The van der Waals surface area contributed by atoms with Crippen LogP contribution in [0.4, 0.5) is 5.69 Å². The summed E-state index contributed by atoms with van der Waals surface area (Å²) in [5, 5.41) is 3.05. The monoisotopic (exact) mass is 405 g/mol. The van der Waals surface area contributed by atoms with Crippen molar-refractivity contribution in [2.75, 3.05) is 5.32 Å². The number of carbonyl (C=O) groups is 1. The van der Waals surface area contributed by atoms with Crippen LogP contribution in [0.5, 0.6) is 0 Å². The van der Waals surface area contributed by atoms with Gasteiger partial charge in [0.25, 0.3) is 0 Å². The molecule has 0 aliphatic rings. The third-order valence-electron chi connectivity index (χ3n) is 5.11. The summed E-state index contributed by atoms with van der Waals surface area (Å²) in [4.78, 5) is 21.9. The highest BCUT2D eigenvalue weighted by Gasteiger charge is 2.23. The Kier molecular flexibility index (Phi) is 4.99. The first-order valence-electron chi connectivity index (χ1n) is 10.00. The van der Waals surface area contributed by atoms with E-state index in [0.717, 1.165) is 16.7 Å². The summed E-state index contributed by atoms with van der Waals surface area (Å²) in [6.45, 7) is 0. The maximum Gasteiger partial charge on any atom is 0.236 e. The minimum Gasteiger partial charge on any atom is -0.436 e. The highest BCUT2D eigenvalue weighted by atomic mass is 16.3. The minimum atomic E-state index is -0.414. The van der Waals surface area contributed by atoms with Crippen molar-refractivity contribution in [3.05, 3.63) is 115 Å². The number of amides is 1. The first kappa shape index (κ1) is 18.8. The van der Waals surface area contributed by atoms with Crippen molar-refractivity contribution >= 4 is 22.7 Å². The van der Waals surface area contributed by atoms with Gasteiger partial charge >= 0.3 is 0 Å². The number of benzene rings is 3. The summed E-state index contributed by atoms with van der Waals surface area (Å²) in [6, 6.07) is 28.7. The zero-order chi connectivity index (χ0) is 21.0. The Balaban J connectivity index is 1.45. The topological polar surface area (TPSA) is 68.0 Å². The number of oxazole rings is 1. The molecule has 0 unspecified atom stereocenters. The standard InChI is InChI=1S/C26H19N3O2/c30-25(24(18-7-3-1-4-8-18)19-9-5-2-6-10-19)28-21-11-12-23-22(17-21)29-26(31-23)20-13-15-27-16-14-20/h1-17,24H,(H,28,30). The van der Waals surface area contributed by atoms with Gasteiger partial charge in [0.15, 0.2) is 5.58 Å². The van der Waals surface area contributed by atoms with E-state index in [4.69, 9.17) is 4.42 Å².